The summed E-state index contributed by atoms with van der Waals surface area (Å²) in [5, 5.41) is 0. The number of halogens is 2. The standard InChI is InChI=1S/C20H26F2O9S/c1-17(21,22)16(24)26-7-15(23)31-19-4-12-2-13(5-19)20(14(3-12)6-19)27-8-18(9-28-20)10-29-32(25)30-11-18/h12-14H,2-11H2,1H3. The molecule has 2 aliphatic heterocycles. The minimum Gasteiger partial charge on any atom is -0.457 e. The Bertz CT molecular complexity index is 790. The van der Waals surface area contributed by atoms with Crippen LogP contribution in [0.1, 0.15) is 39.0 Å². The quantitative estimate of drug-likeness (QED) is 0.556. The second-order valence-electron chi connectivity index (χ2n) is 9.99. The Morgan fingerprint density at radius 1 is 1.03 bits per heavy atom. The molecule has 4 aliphatic carbocycles. The van der Waals surface area contributed by atoms with E-state index in [1.165, 1.54) is 0 Å². The maximum atomic E-state index is 13.0. The van der Waals surface area contributed by atoms with Crippen LogP contribution in [0.25, 0.3) is 0 Å². The summed E-state index contributed by atoms with van der Waals surface area (Å²) in [7, 11) is 0. The van der Waals surface area contributed by atoms with Gasteiger partial charge in [-0.2, -0.15) is 13.0 Å². The van der Waals surface area contributed by atoms with Crippen LogP contribution < -0.4 is 0 Å². The van der Waals surface area contributed by atoms with Crippen LogP contribution >= 0.6 is 0 Å². The summed E-state index contributed by atoms with van der Waals surface area (Å²) < 4.78 is 70.3. The van der Waals surface area contributed by atoms with Crippen molar-refractivity contribution in [1.29, 1.82) is 0 Å². The van der Waals surface area contributed by atoms with Crippen molar-refractivity contribution in [2.75, 3.05) is 33.0 Å². The van der Waals surface area contributed by atoms with Crippen LogP contribution in [0.2, 0.25) is 0 Å². The van der Waals surface area contributed by atoms with Gasteiger partial charge in [0.2, 0.25) is 0 Å². The van der Waals surface area contributed by atoms with Gasteiger partial charge in [0.25, 0.3) is 0 Å². The lowest BCUT2D eigenvalue weighted by atomic mass is 9.51. The van der Waals surface area contributed by atoms with Crippen LogP contribution in [0.15, 0.2) is 0 Å². The van der Waals surface area contributed by atoms with Gasteiger partial charge in [0, 0.05) is 18.8 Å². The normalized spacial score (nSPS) is 45.2. The van der Waals surface area contributed by atoms with Gasteiger partial charge in [-0.15, -0.1) is 0 Å². The van der Waals surface area contributed by atoms with Crippen molar-refractivity contribution < 1.29 is 49.9 Å². The first-order valence-corrected chi connectivity index (χ1v) is 11.8. The van der Waals surface area contributed by atoms with Crippen molar-refractivity contribution in [2.45, 2.75) is 56.3 Å². The zero-order chi connectivity index (χ0) is 22.8. The number of rotatable bonds is 4. The van der Waals surface area contributed by atoms with E-state index in [1.54, 1.807) is 0 Å². The molecule has 6 rings (SSSR count). The molecule has 0 aromatic carbocycles. The van der Waals surface area contributed by atoms with E-state index in [0.29, 0.717) is 45.3 Å². The Morgan fingerprint density at radius 3 is 2.19 bits per heavy atom. The Balaban J connectivity index is 1.23. The monoisotopic (exact) mass is 480 g/mol. The molecule has 0 aromatic rings. The van der Waals surface area contributed by atoms with Crippen molar-refractivity contribution in [3.63, 3.8) is 0 Å². The molecule has 6 fully saturated rings. The number of carbonyl (C=O) groups is 2. The summed E-state index contributed by atoms with van der Waals surface area (Å²) in [6.07, 6.45) is 3.53. The zero-order valence-corrected chi connectivity index (χ0v) is 18.5. The fourth-order valence-electron chi connectivity index (χ4n) is 6.18. The van der Waals surface area contributed by atoms with Crippen LogP contribution in [0.5, 0.6) is 0 Å². The highest BCUT2D eigenvalue weighted by atomic mass is 32.2. The lowest BCUT2D eigenvalue weighted by Crippen LogP contribution is -2.69. The molecule has 4 bridgehead atoms. The number of hydrogen-bond acceptors (Lipinski definition) is 9. The van der Waals surface area contributed by atoms with E-state index in [2.05, 4.69) is 4.74 Å². The first-order valence-electron chi connectivity index (χ1n) is 10.8. The average molecular weight is 480 g/mol. The minimum atomic E-state index is -3.66. The van der Waals surface area contributed by atoms with Crippen LogP contribution in [-0.4, -0.2) is 66.5 Å². The number of carbonyl (C=O) groups excluding carboxylic acids is 2. The molecule has 2 spiro atoms. The smallest absolute Gasteiger partial charge is 0.377 e. The van der Waals surface area contributed by atoms with E-state index < -0.39 is 52.6 Å². The fourth-order valence-corrected chi connectivity index (χ4v) is 6.94. The van der Waals surface area contributed by atoms with Gasteiger partial charge in [-0.3, -0.25) is 8.37 Å². The van der Waals surface area contributed by atoms with Crippen molar-refractivity contribution in [3.8, 4) is 0 Å². The fraction of sp³-hybridized carbons (Fsp3) is 0.900. The molecule has 12 heteroatoms. The predicted octanol–water partition coefficient (Wildman–Crippen LogP) is 1.66. The Labute approximate surface area is 186 Å². The third-order valence-corrected chi connectivity index (χ3v) is 8.03. The summed E-state index contributed by atoms with van der Waals surface area (Å²) in [6, 6.07) is 0. The predicted molar refractivity (Wildman–Crippen MR) is 101 cm³/mol. The molecule has 2 heterocycles. The van der Waals surface area contributed by atoms with Gasteiger partial charge in [-0.05, 0) is 38.0 Å². The van der Waals surface area contributed by atoms with Gasteiger partial charge in [-0.25, -0.2) is 9.59 Å². The number of ether oxygens (including phenoxy) is 4. The van der Waals surface area contributed by atoms with Crippen LogP contribution in [0.4, 0.5) is 8.78 Å². The molecule has 0 radical (unpaired) electrons. The van der Waals surface area contributed by atoms with E-state index in [-0.39, 0.29) is 25.0 Å². The summed E-state index contributed by atoms with van der Waals surface area (Å²) in [4.78, 5) is 23.5. The second-order valence-corrected chi connectivity index (χ2v) is 10.9. The third kappa shape index (κ3) is 3.87. The Morgan fingerprint density at radius 2 is 1.62 bits per heavy atom. The SMILES string of the molecule is CC(F)(F)C(=O)OCC(=O)OC12CC3CC(C1)C1(OCC4(COS(=O)OC4)CO1)C(C3)C2. The van der Waals surface area contributed by atoms with Crippen molar-refractivity contribution in [3.05, 3.63) is 0 Å². The molecular weight excluding hydrogens is 454 g/mol. The molecule has 0 N–H and O–H groups in total. The zero-order valence-electron chi connectivity index (χ0n) is 17.6. The highest BCUT2D eigenvalue weighted by Gasteiger charge is 2.67. The molecule has 0 aromatic heterocycles. The van der Waals surface area contributed by atoms with Gasteiger partial charge in [0.05, 0.1) is 31.8 Å². The highest BCUT2D eigenvalue weighted by Crippen LogP contribution is 2.63. The second kappa shape index (κ2) is 7.66. The number of alkyl halides is 2. The molecule has 0 amide bonds. The average Bonchev–Trinajstić information content (AvgIpc) is 2.72. The highest BCUT2D eigenvalue weighted by molar-refractivity contribution is 7.75. The van der Waals surface area contributed by atoms with Gasteiger partial charge >= 0.3 is 29.2 Å². The maximum absolute atomic E-state index is 13.0. The topological polar surface area (TPSA) is 107 Å². The van der Waals surface area contributed by atoms with Gasteiger partial charge in [0.15, 0.2) is 12.4 Å². The lowest BCUT2D eigenvalue weighted by Gasteiger charge is -2.65. The molecule has 4 saturated carbocycles. The van der Waals surface area contributed by atoms with Crippen molar-refractivity contribution >= 4 is 23.3 Å². The van der Waals surface area contributed by atoms with E-state index in [9.17, 15) is 22.6 Å². The Kier molecular flexibility index (Phi) is 5.40. The maximum Gasteiger partial charge on any atom is 0.377 e. The summed E-state index contributed by atoms with van der Waals surface area (Å²) in [5.41, 5.74) is -1.22. The van der Waals surface area contributed by atoms with E-state index in [0.717, 1.165) is 12.8 Å². The summed E-state index contributed by atoms with van der Waals surface area (Å²) in [5.74, 6) is -6.64. The largest absolute Gasteiger partial charge is 0.457 e. The van der Waals surface area contributed by atoms with Gasteiger partial charge in [-0.1, -0.05) is 0 Å². The first-order chi connectivity index (χ1) is 15.0. The van der Waals surface area contributed by atoms with Crippen LogP contribution in [0, 0.1) is 23.2 Å². The molecule has 32 heavy (non-hydrogen) atoms. The van der Waals surface area contributed by atoms with E-state index in [1.807, 2.05) is 0 Å². The molecular formula is C20H26F2O9S. The molecule has 9 nitrogen and oxygen atoms in total. The van der Waals surface area contributed by atoms with E-state index in [4.69, 9.17) is 22.6 Å². The Hall–Kier alpha value is -1.21. The van der Waals surface area contributed by atoms with Gasteiger partial charge < -0.3 is 18.9 Å². The van der Waals surface area contributed by atoms with Crippen molar-refractivity contribution in [2.24, 2.45) is 23.2 Å². The van der Waals surface area contributed by atoms with Crippen LogP contribution in [-0.2, 0) is 48.3 Å². The minimum absolute atomic E-state index is 0.0148. The molecule has 2 saturated heterocycles. The van der Waals surface area contributed by atoms with E-state index >= 15 is 0 Å². The molecule has 180 valence electrons. The number of hydrogen-bond donors (Lipinski definition) is 0. The van der Waals surface area contributed by atoms with Gasteiger partial charge in [0.1, 0.15) is 5.60 Å². The third-order valence-electron chi connectivity index (χ3n) is 7.41. The molecule has 2 unspecified atom stereocenters. The number of esters is 2. The van der Waals surface area contributed by atoms with Crippen LogP contribution in [0.3, 0.4) is 0 Å². The summed E-state index contributed by atoms with van der Waals surface area (Å²) in [6.45, 7) is 0.742. The molecule has 2 atom stereocenters. The summed E-state index contributed by atoms with van der Waals surface area (Å²) >= 11 is -1.74. The van der Waals surface area contributed by atoms with Crippen molar-refractivity contribution in [1.82, 2.24) is 0 Å². The molecule has 6 aliphatic rings. The first kappa shape index (κ1) is 22.6. The lowest BCUT2D eigenvalue weighted by molar-refractivity contribution is -0.396.